The van der Waals surface area contributed by atoms with Gasteiger partial charge >= 0.3 is 0 Å². The van der Waals surface area contributed by atoms with E-state index in [0.29, 0.717) is 16.7 Å². The SMILES string of the molecule is CC(CCc1ccccc1)NC(=O)c1ccccc1C(=O)c1ccccc1. The fourth-order valence-electron chi connectivity index (χ4n) is 3.03. The van der Waals surface area contributed by atoms with E-state index in [1.54, 1.807) is 36.4 Å². The average molecular weight is 357 g/mol. The molecule has 3 rings (SSSR count). The zero-order valence-corrected chi connectivity index (χ0v) is 15.4. The molecular weight excluding hydrogens is 334 g/mol. The minimum Gasteiger partial charge on any atom is -0.350 e. The molecule has 1 atom stereocenters. The van der Waals surface area contributed by atoms with Crippen LogP contribution in [0.15, 0.2) is 84.9 Å². The van der Waals surface area contributed by atoms with E-state index in [4.69, 9.17) is 0 Å². The second-order valence-corrected chi connectivity index (χ2v) is 6.64. The first-order valence-corrected chi connectivity index (χ1v) is 9.18. The summed E-state index contributed by atoms with van der Waals surface area (Å²) >= 11 is 0. The predicted molar refractivity (Wildman–Crippen MR) is 108 cm³/mol. The van der Waals surface area contributed by atoms with Gasteiger partial charge in [0.25, 0.3) is 5.91 Å². The Morgan fingerprint density at radius 1 is 0.778 bits per heavy atom. The number of hydrogen-bond donors (Lipinski definition) is 1. The highest BCUT2D eigenvalue weighted by Gasteiger charge is 2.19. The van der Waals surface area contributed by atoms with Crippen molar-refractivity contribution in [2.45, 2.75) is 25.8 Å². The summed E-state index contributed by atoms with van der Waals surface area (Å²) in [6, 6.07) is 26.2. The minimum absolute atomic E-state index is 0.0117. The van der Waals surface area contributed by atoms with Gasteiger partial charge in [-0.05, 0) is 31.4 Å². The maximum Gasteiger partial charge on any atom is 0.252 e. The first-order valence-electron chi connectivity index (χ1n) is 9.18. The number of amides is 1. The van der Waals surface area contributed by atoms with Gasteiger partial charge in [-0.2, -0.15) is 0 Å². The summed E-state index contributed by atoms with van der Waals surface area (Å²) in [7, 11) is 0. The lowest BCUT2D eigenvalue weighted by Gasteiger charge is -2.15. The van der Waals surface area contributed by atoms with Gasteiger partial charge in [0.1, 0.15) is 0 Å². The maximum absolute atomic E-state index is 12.8. The molecule has 136 valence electrons. The van der Waals surface area contributed by atoms with Crippen molar-refractivity contribution in [1.29, 1.82) is 0 Å². The van der Waals surface area contributed by atoms with Gasteiger partial charge in [-0.1, -0.05) is 78.9 Å². The molecule has 0 spiro atoms. The van der Waals surface area contributed by atoms with Gasteiger partial charge < -0.3 is 5.32 Å². The van der Waals surface area contributed by atoms with Crippen LogP contribution in [0.4, 0.5) is 0 Å². The zero-order chi connectivity index (χ0) is 19.1. The van der Waals surface area contributed by atoms with E-state index in [1.165, 1.54) is 5.56 Å². The standard InChI is InChI=1S/C24H23NO2/c1-18(16-17-19-10-4-2-5-11-19)25-24(27)22-15-9-8-14-21(22)23(26)20-12-6-3-7-13-20/h2-15,18H,16-17H2,1H3,(H,25,27). The molecule has 3 aromatic carbocycles. The lowest BCUT2D eigenvalue weighted by atomic mass is 9.97. The molecule has 0 aliphatic rings. The quantitative estimate of drug-likeness (QED) is 0.625. The first kappa shape index (κ1) is 18.6. The van der Waals surface area contributed by atoms with Gasteiger partial charge in [0, 0.05) is 17.2 Å². The maximum atomic E-state index is 12.8. The molecule has 3 aromatic rings. The van der Waals surface area contributed by atoms with Crippen LogP contribution >= 0.6 is 0 Å². The number of carbonyl (C=O) groups is 2. The van der Waals surface area contributed by atoms with E-state index in [2.05, 4.69) is 17.4 Å². The molecule has 0 aromatic heterocycles. The molecule has 27 heavy (non-hydrogen) atoms. The van der Waals surface area contributed by atoms with Crippen LogP contribution in [0.5, 0.6) is 0 Å². The van der Waals surface area contributed by atoms with Crippen LogP contribution in [0.2, 0.25) is 0 Å². The molecule has 3 nitrogen and oxygen atoms in total. The third-order valence-corrected chi connectivity index (χ3v) is 4.54. The molecular formula is C24H23NO2. The van der Waals surface area contributed by atoms with E-state index in [1.807, 2.05) is 43.3 Å². The number of hydrogen-bond acceptors (Lipinski definition) is 2. The summed E-state index contributed by atoms with van der Waals surface area (Å²) in [5, 5.41) is 3.02. The zero-order valence-electron chi connectivity index (χ0n) is 15.4. The Hall–Kier alpha value is -3.20. The normalized spacial score (nSPS) is 11.6. The van der Waals surface area contributed by atoms with Gasteiger partial charge in [-0.15, -0.1) is 0 Å². The molecule has 0 aliphatic carbocycles. The summed E-state index contributed by atoms with van der Waals surface area (Å²) in [6.45, 7) is 1.99. The van der Waals surface area contributed by atoms with E-state index in [-0.39, 0.29) is 17.7 Å². The lowest BCUT2D eigenvalue weighted by Crippen LogP contribution is -2.33. The number of benzene rings is 3. The molecule has 1 amide bonds. The van der Waals surface area contributed by atoms with Crippen LogP contribution in [0.1, 0.15) is 45.2 Å². The van der Waals surface area contributed by atoms with E-state index in [9.17, 15) is 9.59 Å². The Bertz CT molecular complexity index is 904. The highest BCUT2D eigenvalue weighted by molar-refractivity contribution is 6.15. The summed E-state index contributed by atoms with van der Waals surface area (Å²) in [5.41, 5.74) is 2.67. The third kappa shape index (κ3) is 4.91. The van der Waals surface area contributed by atoms with Crippen LogP contribution in [-0.2, 0) is 6.42 Å². The Balaban J connectivity index is 1.69. The minimum atomic E-state index is -0.213. The summed E-state index contributed by atoms with van der Waals surface area (Å²) in [4.78, 5) is 25.5. The van der Waals surface area contributed by atoms with Gasteiger partial charge in [0.2, 0.25) is 0 Å². The highest BCUT2D eigenvalue weighted by atomic mass is 16.2. The van der Waals surface area contributed by atoms with Crippen LogP contribution < -0.4 is 5.32 Å². The third-order valence-electron chi connectivity index (χ3n) is 4.54. The molecule has 0 heterocycles. The van der Waals surface area contributed by atoms with Gasteiger partial charge in [-0.3, -0.25) is 9.59 Å². The number of rotatable bonds is 7. The lowest BCUT2D eigenvalue weighted by molar-refractivity contribution is 0.0928. The molecule has 0 radical (unpaired) electrons. The van der Waals surface area contributed by atoms with Crippen molar-refractivity contribution in [3.05, 3.63) is 107 Å². The summed E-state index contributed by atoms with van der Waals surface area (Å²) < 4.78 is 0. The fraction of sp³-hybridized carbons (Fsp3) is 0.167. The van der Waals surface area contributed by atoms with Gasteiger partial charge in [0.05, 0.1) is 5.56 Å². The monoisotopic (exact) mass is 357 g/mol. The van der Waals surface area contributed by atoms with Gasteiger partial charge in [0.15, 0.2) is 5.78 Å². The van der Waals surface area contributed by atoms with E-state index >= 15 is 0 Å². The molecule has 0 bridgehead atoms. The molecule has 0 fully saturated rings. The van der Waals surface area contributed by atoms with Crippen LogP contribution in [0.3, 0.4) is 0 Å². The Labute approximate surface area is 160 Å². The second kappa shape index (κ2) is 8.95. The van der Waals surface area contributed by atoms with Crippen molar-refractivity contribution < 1.29 is 9.59 Å². The topological polar surface area (TPSA) is 46.2 Å². The van der Waals surface area contributed by atoms with Crippen molar-refractivity contribution in [3.63, 3.8) is 0 Å². The number of nitrogens with one attached hydrogen (secondary N) is 1. The Morgan fingerprint density at radius 3 is 2.00 bits per heavy atom. The van der Waals surface area contributed by atoms with Crippen LogP contribution in [-0.4, -0.2) is 17.7 Å². The molecule has 1 unspecified atom stereocenters. The van der Waals surface area contributed by atoms with E-state index < -0.39 is 0 Å². The van der Waals surface area contributed by atoms with Crippen molar-refractivity contribution >= 4 is 11.7 Å². The van der Waals surface area contributed by atoms with Crippen molar-refractivity contribution in [2.24, 2.45) is 0 Å². The molecule has 1 N–H and O–H groups in total. The van der Waals surface area contributed by atoms with Crippen LogP contribution in [0, 0.1) is 0 Å². The molecule has 0 aliphatic heterocycles. The molecule has 0 saturated heterocycles. The van der Waals surface area contributed by atoms with E-state index in [0.717, 1.165) is 12.8 Å². The smallest absolute Gasteiger partial charge is 0.252 e. The van der Waals surface area contributed by atoms with Crippen molar-refractivity contribution in [2.75, 3.05) is 0 Å². The van der Waals surface area contributed by atoms with Crippen molar-refractivity contribution in [3.8, 4) is 0 Å². The number of aryl methyl sites for hydroxylation is 1. The largest absolute Gasteiger partial charge is 0.350 e. The summed E-state index contributed by atoms with van der Waals surface area (Å²) in [5.74, 6) is -0.353. The predicted octanol–water partition coefficient (Wildman–Crippen LogP) is 4.67. The number of carbonyl (C=O) groups excluding carboxylic acids is 2. The second-order valence-electron chi connectivity index (χ2n) is 6.64. The average Bonchev–Trinajstić information content (AvgIpc) is 2.73. The fourth-order valence-corrected chi connectivity index (χ4v) is 3.03. The Morgan fingerprint density at radius 2 is 1.33 bits per heavy atom. The molecule has 3 heteroatoms. The Kier molecular flexibility index (Phi) is 6.16. The molecule has 0 saturated carbocycles. The first-order chi connectivity index (χ1) is 13.1. The van der Waals surface area contributed by atoms with Crippen LogP contribution in [0.25, 0.3) is 0 Å². The van der Waals surface area contributed by atoms with Gasteiger partial charge in [-0.25, -0.2) is 0 Å². The highest BCUT2D eigenvalue weighted by Crippen LogP contribution is 2.15. The van der Waals surface area contributed by atoms with Crippen molar-refractivity contribution in [1.82, 2.24) is 5.32 Å². The number of ketones is 1. The summed E-state index contributed by atoms with van der Waals surface area (Å²) in [6.07, 6.45) is 1.73.